The first kappa shape index (κ1) is 18.5. The number of halogens is 1. The van der Waals surface area contributed by atoms with E-state index in [0.29, 0.717) is 43.3 Å². The molecule has 1 unspecified atom stereocenters. The Balaban J connectivity index is 0.00000242. The molecule has 6 nitrogen and oxygen atoms in total. The SMILES string of the molecule is COc1cc(C(=O)N2CCOC(CN)C2)cc(OC)c1C.Cl. The molecule has 0 saturated carbocycles. The summed E-state index contributed by atoms with van der Waals surface area (Å²) in [7, 11) is 3.16. The third-order valence-corrected chi connectivity index (χ3v) is 3.69. The zero-order valence-electron chi connectivity index (χ0n) is 13.1. The number of benzene rings is 1. The second kappa shape index (κ2) is 8.22. The maximum atomic E-state index is 12.6. The molecule has 1 fully saturated rings. The molecule has 1 saturated heterocycles. The van der Waals surface area contributed by atoms with Gasteiger partial charge in [0, 0.05) is 30.8 Å². The van der Waals surface area contributed by atoms with Gasteiger partial charge < -0.3 is 24.8 Å². The van der Waals surface area contributed by atoms with Crippen LogP contribution in [0.2, 0.25) is 0 Å². The van der Waals surface area contributed by atoms with Gasteiger partial charge in [0.25, 0.3) is 5.91 Å². The van der Waals surface area contributed by atoms with Crippen molar-refractivity contribution < 1.29 is 19.0 Å². The van der Waals surface area contributed by atoms with Crippen LogP contribution in [0.25, 0.3) is 0 Å². The molecule has 1 aliphatic rings. The predicted octanol–water partition coefficient (Wildman–Crippen LogP) is 1.23. The molecule has 22 heavy (non-hydrogen) atoms. The van der Waals surface area contributed by atoms with Crippen LogP contribution in [-0.2, 0) is 4.74 Å². The third kappa shape index (κ3) is 3.82. The summed E-state index contributed by atoms with van der Waals surface area (Å²) < 4.78 is 16.1. The molecule has 124 valence electrons. The van der Waals surface area contributed by atoms with Gasteiger partial charge in [-0.1, -0.05) is 0 Å². The maximum Gasteiger partial charge on any atom is 0.254 e. The first-order chi connectivity index (χ1) is 10.1. The van der Waals surface area contributed by atoms with E-state index >= 15 is 0 Å². The fraction of sp³-hybridized carbons (Fsp3) is 0.533. The second-order valence-electron chi connectivity index (χ2n) is 4.99. The molecule has 7 heteroatoms. The van der Waals surface area contributed by atoms with Gasteiger partial charge in [0.15, 0.2) is 0 Å². The highest BCUT2D eigenvalue weighted by molar-refractivity contribution is 5.95. The molecule has 0 radical (unpaired) electrons. The number of amides is 1. The van der Waals surface area contributed by atoms with Gasteiger partial charge in [-0.25, -0.2) is 0 Å². The average molecular weight is 331 g/mol. The number of carbonyl (C=O) groups is 1. The van der Waals surface area contributed by atoms with Crippen LogP contribution in [0.4, 0.5) is 0 Å². The van der Waals surface area contributed by atoms with Crippen LogP contribution >= 0.6 is 12.4 Å². The molecule has 1 heterocycles. The summed E-state index contributed by atoms with van der Waals surface area (Å²) in [6.45, 7) is 3.88. The van der Waals surface area contributed by atoms with Crippen molar-refractivity contribution in [2.45, 2.75) is 13.0 Å². The van der Waals surface area contributed by atoms with Crippen molar-refractivity contribution in [3.8, 4) is 11.5 Å². The highest BCUT2D eigenvalue weighted by Crippen LogP contribution is 2.30. The van der Waals surface area contributed by atoms with Crippen molar-refractivity contribution in [1.29, 1.82) is 0 Å². The van der Waals surface area contributed by atoms with Gasteiger partial charge in [-0.3, -0.25) is 4.79 Å². The number of nitrogens with zero attached hydrogens (tertiary/aromatic N) is 1. The Hall–Kier alpha value is -1.50. The fourth-order valence-corrected chi connectivity index (χ4v) is 2.44. The number of hydrogen-bond donors (Lipinski definition) is 1. The number of rotatable bonds is 4. The summed E-state index contributed by atoms with van der Waals surface area (Å²) in [4.78, 5) is 14.4. The van der Waals surface area contributed by atoms with Crippen molar-refractivity contribution >= 4 is 18.3 Å². The van der Waals surface area contributed by atoms with Crippen LogP contribution in [0, 0.1) is 6.92 Å². The molecule has 1 amide bonds. The first-order valence-electron chi connectivity index (χ1n) is 6.94. The molecule has 1 aromatic carbocycles. The lowest BCUT2D eigenvalue weighted by Gasteiger charge is -2.32. The van der Waals surface area contributed by atoms with E-state index in [4.69, 9.17) is 19.9 Å². The molecular weight excluding hydrogens is 308 g/mol. The fourth-order valence-electron chi connectivity index (χ4n) is 2.44. The summed E-state index contributed by atoms with van der Waals surface area (Å²) >= 11 is 0. The van der Waals surface area contributed by atoms with Crippen molar-refractivity contribution in [1.82, 2.24) is 4.90 Å². The van der Waals surface area contributed by atoms with E-state index in [9.17, 15) is 4.79 Å². The summed E-state index contributed by atoms with van der Waals surface area (Å²) in [5.41, 5.74) is 7.03. The standard InChI is InChI=1S/C15H22N2O4.ClH/c1-10-13(19-2)6-11(7-14(10)20-3)15(18)17-4-5-21-12(8-16)9-17;/h6-7,12H,4-5,8-9,16H2,1-3H3;1H. The van der Waals surface area contributed by atoms with Gasteiger partial charge in [-0.15, -0.1) is 12.4 Å². The largest absolute Gasteiger partial charge is 0.496 e. The van der Waals surface area contributed by atoms with Gasteiger partial charge >= 0.3 is 0 Å². The van der Waals surface area contributed by atoms with Crippen molar-refractivity contribution in [2.24, 2.45) is 5.73 Å². The summed E-state index contributed by atoms with van der Waals surface area (Å²) in [6, 6.07) is 3.49. The van der Waals surface area contributed by atoms with E-state index in [-0.39, 0.29) is 24.4 Å². The smallest absolute Gasteiger partial charge is 0.254 e. The van der Waals surface area contributed by atoms with Gasteiger partial charge in [0.05, 0.1) is 26.9 Å². The third-order valence-electron chi connectivity index (χ3n) is 3.69. The minimum atomic E-state index is -0.100. The molecular formula is C15H23ClN2O4. The zero-order valence-corrected chi connectivity index (χ0v) is 13.9. The van der Waals surface area contributed by atoms with Crippen LogP contribution in [-0.4, -0.2) is 57.4 Å². The van der Waals surface area contributed by atoms with Gasteiger partial charge in [0.2, 0.25) is 0 Å². The number of nitrogens with two attached hydrogens (primary N) is 1. The molecule has 2 N–H and O–H groups in total. The number of morpholine rings is 1. The first-order valence-corrected chi connectivity index (χ1v) is 6.94. The van der Waals surface area contributed by atoms with E-state index in [1.165, 1.54) is 0 Å². The number of ether oxygens (including phenoxy) is 3. The van der Waals surface area contributed by atoms with Crippen molar-refractivity contribution in [2.75, 3.05) is 40.5 Å². The Morgan fingerprint density at radius 3 is 2.45 bits per heavy atom. The number of methoxy groups -OCH3 is 2. The second-order valence-corrected chi connectivity index (χ2v) is 4.99. The van der Waals surface area contributed by atoms with E-state index < -0.39 is 0 Å². The van der Waals surface area contributed by atoms with Crippen LogP contribution in [0.5, 0.6) is 11.5 Å². The molecule has 0 bridgehead atoms. The average Bonchev–Trinajstić information content (AvgIpc) is 2.54. The lowest BCUT2D eigenvalue weighted by atomic mass is 10.1. The predicted molar refractivity (Wildman–Crippen MR) is 86.2 cm³/mol. The van der Waals surface area contributed by atoms with Crippen LogP contribution in [0.1, 0.15) is 15.9 Å². The van der Waals surface area contributed by atoms with Crippen molar-refractivity contribution in [3.63, 3.8) is 0 Å². The van der Waals surface area contributed by atoms with Crippen LogP contribution < -0.4 is 15.2 Å². The van der Waals surface area contributed by atoms with Gasteiger partial charge in [0.1, 0.15) is 11.5 Å². The maximum absolute atomic E-state index is 12.6. The van der Waals surface area contributed by atoms with Gasteiger partial charge in [-0.05, 0) is 19.1 Å². The molecule has 1 aliphatic heterocycles. The minimum Gasteiger partial charge on any atom is -0.496 e. The zero-order chi connectivity index (χ0) is 15.4. The normalized spacial score (nSPS) is 17.6. The van der Waals surface area contributed by atoms with Gasteiger partial charge in [-0.2, -0.15) is 0 Å². The Bertz CT molecular complexity index is 499. The molecule has 0 aromatic heterocycles. The lowest BCUT2D eigenvalue weighted by molar-refractivity contribution is -0.0167. The lowest BCUT2D eigenvalue weighted by Crippen LogP contribution is -2.48. The highest BCUT2D eigenvalue weighted by atomic mass is 35.5. The highest BCUT2D eigenvalue weighted by Gasteiger charge is 2.25. The molecule has 1 atom stereocenters. The number of hydrogen-bond acceptors (Lipinski definition) is 5. The van der Waals surface area contributed by atoms with E-state index in [1.807, 2.05) is 6.92 Å². The molecule has 1 aromatic rings. The summed E-state index contributed by atoms with van der Waals surface area (Å²) in [6.07, 6.45) is -0.100. The molecule has 0 spiro atoms. The van der Waals surface area contributed by atoms with Crippen molar-refractivity contribution in [3.05, 3.63) is 23.3 Å². The topological polar surface area (TPSA) is 74.0 Å². The Labute approximate surface area is 136 Å². The molecule has 0 aliphatic carbocycles. The Kier molecular flexibility index (Phi) is 6.93. The quantitative estimate of drug-likeness (QED) is 0.899. The van der Waals surface area contributed by atoms with E-state index in [0.717, 1.165) is 5.56 Å². The monoisotopic (exact) mass is 330 g/mol. The summed E-state index contributed by atoms with van der Waals surface area (Å²) in [5, 5.41) is 0. The van der Waals surface area contributed by atoms with E-state index in [1.54, 1.807) is 31.3 Å². The number of carbonyl (C=O) groups excluding carboxylic acids is 1. The Morgan fingerprint density at radius 1 is 1.36 bits per heavy atom. The summed E-state index contributed by atoms with van der Waals surface area (Å²) in [5.74, 6) is 1.22. The van der Waals surface area contributed by atoms with E-state index in [2.05, 4.69) is 0 Å². The van der Waals surface area contributed by atoms with Crippen LogP contribution in [0.3, 0.4) is 0 Å². The van der Waals surface area contributed by atoms with Crippen LogP contribution in [0.15, 0.2) is 12.1 Å². The molecule has 2 rings (SSSR count). The minimum absolute atomic E-state index is 0. The Morgan fingerprint density at radius 2 is 1.95 bits per heavy atom.